The van der Waals surface area contributed by atoms with Gasteiger partial charge in [0.25, 0.3) is 0 Å². The summed E-state index contributed by atoms with van der Waals surface area (Å²) in [5.41, 5.74) is 3.13. The molecule has 2 aromatic heterocycles. The van der Waals surface area contributed by atoms with Crippen LogP contribution in [0.4, 0.5) is 0 Å². The first-order valence-corrected chi connectivity index (χ1v) is 9.65. The van der Waals surface area contributed by atoms with Crippen LogP contribution < -0.4 is 15.4 Å². The van der Waals surface area contributed by atoms with E-state index in [1.165, 1.54) is 5.56 Å². The third kappa shape index (κ3) is 5.00. The van der Waals surface area contributed by atoms with E-state index in [-0.39, 0.29) is 0 Å². The van der Waals surface area contributed by atoms with Crippen molar-refractivity contribution < 1.29 is 4.74 Å². The van der Waals surface area contributed by atoms with E-state index in [1.807, 2.05) is 34.9 Å². The maximum Gasteiger partial charge on any atom is 0.191 e. The van der Waals surface area contributed by atoms with Crippen molar-refractivity contribution in [2.24, 2.45) is 4.99 Å². The summed E-state index contributed by atoms with van der Waals surface area (Å²) in [5, 5.41) is 15.1. The number of nitrogens with zero attached hydrogens (tertiary/aromatic N) is 4. The summed E-state index contributed by atoms with van der Waals surface area (Å²) < 4.78 is 7.50. The molecule has 2 N–H and O–H groups in total. The molecule has 0 amide bonds. The van der Waals surface area contributed by atoms with E-state index < -0.39 is 0 Å². The number of fused-ring (bicyclic) bond motifs is 1. The van der Waals surface area contributed by atoms with Gasteiger partial charge in [0.15, 0.2) is 11.6 Å². The van der Waals surface area contributed by atoms with Crippen molar-refractivity contribution in [3.05, 3.63) is 59.5 Å². The van der Waals surface area contributed by atoms with E-state index in [1.54, 1.807) is 7.11 Å². The van der Waals surface area contributed by atoms with Gasteiger partial charge in [-0.3, -0.25) is 4.40 Å². The van der Waals surface area contributed by atoms with Gasteiger partial charge < -0.3 is 15.4 Å². The Bertz CT molecular complexity index is 934. The van der Waals surface area contributed by atoms with Crippen molar-refractivity contribution in [2.75, 3.05) is 20.2 Å². The Morgan fingerprint density at radius 1 is 1.18 bits per heavy atom. The lowest BCUT2D eigenvalue weighted by atomic mass is 10.1. The van der Waals surface area contributed by atoms with Gasteiger partial charge in [-0.2, -0.15) is 0 Å². The molecular weight excluding hydrogens is 352 g/mol. The van der Waals surface area contributed by atoms with E-state index in [2.05, 4.69) is 51.8 Å². The van der Waals surface area contributed by atoms with Gasteiger partial charge >= 0.3 is 0 Å². The number of nitrogens with one attached hydrogen (secondary N) is 2. The molecule has 2 heterocycles. The molecular formula is C21H28N6O. The SMILES string of the molecule is CCNC(=NCc1ccc(C)cc1OC)NCCCc1nnc2ccccn12. The summed E-state index contributed by atoms with van der Waals surface area (Å²) in [4.78, 5) is 4.69. The lowest BCUT2D eigenvalue weighted by Gasteiger charge is -2.12. The van der Waals surface area contributed by atoms with E-state index in [0.717, 1.165) is 54.7 Å². The average Bonchev–Trinajstić information content (AvgIpc) is 3.13. The molecule has 0 atom stereocenters. The summed E-state index contributed by atoms with van der Waals surface area (Å²) in [7, 11) is 1.69. The lowest BCUT2D eigenvalue weighted by molar-refractivity contribution is 0.409. The topological polar surface area (TPSA) is 75.8 Å². The zero-order valence-electron chi connectivity index (χ0n) is 16.8. The van der Waals surface area contributed by atoms with Crippen LogP contribution in [0.25, 0.3) is 5.65 Å². The second-order valence-corrected chi connectivity index (χ2v) is 6.59. The largest absolute Gasteiger partial charge is 0.496 e. The Labute approximate surface area is 165 Å². The smallest absolute Gasteiger partial charge is 0.191 e. The minimum atomic E-state index is 0.563. The molecule has 0 bridgehead atoms. The van der Waals surface area contributed by atoms with Gasteiger partial charge in [0.1, 0.15) is 11.6 Å². The van der Waals surface area contributed by atoms with Crippen LogP contribution in [-0.2, 0) is 13.0 Å². The van der Waals surface area contributed by atoms with Gasteiger partial charge in [0.05, 0.1) is 13.7 Å². The number of aryl methyl sites for hydroxylation is 2. The van der Waals surface area contributed by atoms with Crippen LogP contribution in [0.3, 0.4) is 0 Å². The van der Waals surface area contributed by atoms with Gasteiger partial charge in [-0.05, 0) is 44.0 Å². The summed E-state index contributed by atoms with van der Waals surface area (Å²) in [6.07, 6.45) is 3.79. The molecule has 28 heavy (non-hydrogen) atoms. The molecule has 0 unspecified atom stereocenters. The van der Waals surface area contributed by atoms with Crippen LogP contribution in [0.5, 0.6) is 5.75 Å². The number of pyridine rings is 1. The molecule has 0 spiro atoms. The lowest BCUT2D eigenvalue weighted by Crippen LogP contribution is -2.37. The number of aromatic nitrogens is 3. The minimum Gasteiger partial charge on any atom is -0.496 e. The molecule has 0 radical (unpaired) electrons. The third-order valence-electron chi connectivity index (χ3n) is 4.45. The molecule has 0 saturated heterocycles. The predicted molar refractivity (Wildman–Crippen MR) is 112 cm³/mol. The first kappa shape index (κ1) is 19.7. The van der Waals surface area contributed by atoms with E-state index in [0.29, 0.717) is 6.54 Å². The number of benzene rings is 1. The first-order valence-electron chi connectivity index (χ1n) is 9.65. The second kappa shape index (κ2) is 9.73. The number of hydrogen-bond donors (Lipinski definition) is 2. The standard InChI is InChI=1S/C21H28N6O/c1-4-22-21(24-15-17-11-10-16(2)14-18(17)28-3)23-12-7-9-20-26-25-19-8-5-6-13-27(19)20/h5-6,8,10-11,13-14H,4,7,9,12,15H2,1-3H3,(H2,22,23,24). The fourth-order valence-electron chi connectivity index (χ4n) is 3.00. The minimum absolute atomic E-state index is 0.563. The van der Waals surface area contributed by atoms with Crippen LogP contribution in [0.1, 0.15) is 30.3 Å². The molecule has 0 saturated carbocycles. The molecule has 7 heteroatoms. The number of aliphatic imine (C=N–C) groups is 1. The molecule has 148 valence electrons. The van der Waals surface area contributed by atoms with Crippen LogP contribution >= 0.6 is 0 Å². The molecule has 1 aromatic carbocycles. The van der Waals surface area contributed by atoms with E-state index in [4.69, 9.17) is 4.74 Å². The quantitative estimate of drug-likeness (QED) is 0.357. The highest BCUT2D eigenvalue weighted by Gasteiger charge is 2.06. The molecule has 0 fully saturated rings. The fourth-order valence-corrected chi connectivity index (χ4v) is 3.00. The zero-order chi connectivity index (χ0) is 19.8. The third-order valence-corrected chi connectivity index (χ3v) is 4.45. The number of ether oxygens (including phenoxy) is 1. The Morgan fingerprint density at radius 3 is 2.89 bits per heavy atom. The van der Waals surface area contributed by atoms with Crippen molar-refractivity contribution in [1.82, 2.24) is 25.2 Å². The summed E-state index contributed by atoms with van der Waals surface area (Å²) >= 11 is 0. The monoisotopic (exact) mass is 380 g/mol. The number of guanidine groups is 1. The summed E-state index contributed by atoms with van der Waals surface area (Å²) in [6, 6.07) is 12.1. The summed E-state index contributed by atoms with van der Waals surface area (Å²) in [6.45, 7) is 6.30. The highest BCUT2D eigenvalue weighted by molar-refractivity contribution is 5.79. The molecule has 0 aliphatic heterocycles. The van der Waals surface area contributed by atoms with Crippen molar-refractivity contribution in [2.45, 2.75) is 33.2 Å². The highest BCUT2D eigenvalue weighted by Crippen LogP contribution is 2.20. The Morgan fingerprint density at radius 2 is 2.07 bits per heavy atom. The van der Waals surface area contributed by atoms with E-state index >= 15 is 0 Å². The molecule has 7 nitrogen and oxygen atoms in total. The maximum absolute atomic E-state index is 5.47. The molecule has 3 rings (SSSR count). The van der Waals surface area contributed by atoms with Crippen molar-refractivity contribution in [3.8, 4) is 5.75 Å². The van der Waals surface area contributed by atoms with Crippen LogP contribution in [0, 0.1) is 6.92 Å². The number of hydrogen-bond acceptors (Lipinski definition) is 4. The van der Waals surface area contributed by atoms with Gasteiger partial charge in [-0.1, -0.05) is 18.2 Å². The van der Waals surface area contributed by atoms with Crippen LogP contribution in [-0.4, -0.2) is 40.8 Å². The van der Waals surface area contributed by atoms with Crippen molar-refractivity contribution in [1.29, 1.82) is 0 Å². The Hall–Kier alpha value is -3.09. The van der Waals surface area contributed by atoms with Crippen molar-refractivity contribution in [3.63, 3.8) is 0 Å². The molecule has 0 aliphatic carbocycles. The van der Waals surface area contributed by atoms with Gasteiger partial charge in [0.2, 0.25) is 0 Å². The second-order valence-electron chi connectivity index (χ2n) is 6.59. The highest BCUT2D eigenvalue weighted by atomic mass is 16.5. The average molecular weight is 380 g/mol. The predicted octanol–water partition coefficient (Wildman–Crippen LogP) is 2.73. The van der Waals surface area contributed by atoms with Gasteiger partial charge in [0, 0.05) is 31.3 Å². The van der Waals surface area contributed by atoms with Gasteiger partial charge in [-0.15, -0.1) is 10.2 Å². The Balaban J connectivity index is 1.55. The van der Waals surface area contributed by atoms with Crippen LogP contribution in [0.2, 0.25) is 0 Å². The van der Waals surface area contributed by atoms with Gasteiger partial charge in [-0.25, -0.2) is 4.99 Å². The number of methoxy groups -OCH3 is 1. The normalized spacial score (nSPS) is 11.6. The van der Waals surface area contributed by atoms with E-state index in [9.17, 15) is 0 Å². The maximum atomic E-state index is 5.47. The molecule has 3 aromatic rings. The Kier molecular flexibility index (Phi) is 6.84. The van der Waals surface area contributed by atoms with Crippen LogP contribution in [0.15, 0.2) is 47.6 Å². The summed E-state index contributed by atoms with van der Waals surface area (Å²) in [5.74, 6) is 2.65. The first-order chi connectivity index (χ1) is 13.7. The number of rotatable bonds is 8. The van der Waals surface area contributed by atoms with Crippen molar-refractivity contribution >= 4 is 11.6 Å². The molecule has 0 aliphatic rings. The fraction of sp³-hybridized carbons (Fsp3) is 0.381. The zero-order valence-corrected chi connectivity index (χ0v) is 16.8.